The fourth-order valence-electron chi connectivity index (χ4n) is 2.09. The Morgan fingerprint density at radius 3 is 2.77 bits per heavy atom. The smallest absolute Gasteiger partial charge is 0.233 e. The standard InChI is InChI=1S/C17H14N2O3/c1-2-20-16-9-12(10-18)7-8-15(16)21-11-17-19-13-5-3-4-6-14(13)22-17/h3-9H,2,11H2,1H3. The first kappa shape index (κ1) is 14.0. The number of para-hydroxylation sites is 2. The quantitative estimate of drug-likeness (QED) is 0.718. The molecule has 3 aromatic rings. The zero-order chi connectivity index (χ0) is 15.4. The molecule has 0 aliphatic carbocycles. The van der Waals surface area contributed by atoms with Gasteiger partial charge in [0.1, 0.15) is 5.52 Å². The van der Waals surface area contributed by atoms with E-state index in [9.17, 15) is 0 Å². The lowest BCUT2D eigenvalue weighted by atomic mass is 10.2. The van der Waals surface area contributed by atoms with E-state index in [0.717, 1.165) is 11.1 Å². The van der Waals surface area contributed by atoms with Gasteiger partial charge in [0.15, 0.2) is 23.7 Å². The lowest BCUT2D eigenvalue weighted by Crippen LogP contribution is -2.00. The molecule has 0 aliphatic rings. The maximum absolute atomic E-state index is 8.94. The Balaban J connectivity index is 1.79. The number of hydrogen-bond donors (Lipinski definition) is 0. The van der Waals surface area contributed by atoms with Gasteiger partial charge in [0.2, 0.25) is 5.89 Å². The Kier molecular flexibility index (Phi) is 3.92. The molecule has 0 unspecified atom stereocenters. The molecule has 5 nitrogen and oxygen atoms in total. The van der Waals surface area contributed by atoms with Crippen LogP contribution in [0, 0.1) is 11.3 Å². The van der Waals surface area contributed by atoms with E-state index in [1.165, 1.54) is 0 Å². The van der Waals surface area contributed by atoms with Crippen molar-refractivity contribution >= 4 is 11.1 Å². The Morgan fingerprint density at radius 2 is 2.00 bits per heavy atom. The third-order valence-electron chi connectivity index (χ3n) is 3.06. The number of ether oxygens (including phenoxy) is 2. The van der Waals surface area contributed by atoms with Gasteiger partial charge in [-0.15, -0.1) is 0 Å². The second kappa shape index (κ2) is 6.19. The Labute approximate surface area is 127 Å². The zero-order valence-electron chi connectivity index (χ0n) is 12.1. The summed E-state index contributed by atoms with van der Waals surface area (Å²) < 4.78 is 16.8. The molecule has 0 bridgehead atoms. The van der Waals surface area contributed by atoms with E-state index in [4.69, 9.17) is 19.2 Å². The molecule has 110 valence electrons. The van der Waals surface area contributed by atoms with Crippen molar-refractivity contribution in [3.63, 3.8) is 0 Å². The molecule has 0 N–H and O–H groups in total. The molecule has 1 heterocycles. The maximum Gasteiger partial charge on any atom is 0.233 e. The highest BCUT2D eigenvalue weighted by molar-refractivity contribution is 5.72. The molecule has 0 atom stereocenters. The van der Waals surface area contributed by atoms with Gasteiger partial charge in [0, 0.05) is 6.07 Å². The van der Waals surface area contributed by atoms with Gasteiger partial charge in [-0.05, 0) is 31.2 Å². The van der Waals surface area contributed by atoms with Crippen LogP contribution in [-0.2, 0) is 6.61 Å². The first-order valence-corrected chi connectivity index (χ1v) is 6.94. The zero-order valence-corrected chi connectivity index (χ0v) is 12.1. The van der Waals surface area contributed by atoms with Crippen LogP contribution in [-0.4, -0.2) is 11.6 Å². The molecular formula is C17H14N2O3. The third-order valence-corrected chi connectivity index (χ3v) is 3.06. The Bertz CT molecular complexity index is 800. The summed E-state index contributed by atoms with van der Waals surface area (Å²) in [6, 6.07) is 14.7. The number of hydrogen-bond acceptors (Lipinski definition) is 5. The number of aromatic nitrogens is 1. The molecule has 0 radical (unpaired) electrons. The highest BCUT2D eigenvalue weighted by Crippen LogP contribution is 2.29. The molecule has 2 aromatic carbocycles. The van der Waals surface area contributed by atoms with E-state index in [0.29, 0.717) is 29.6 Å². The highest BCUT2D eigenvalue weighted by Gasteiger charge is 2.10. The summed E-state index contributed by atoms with van der Waals surface area (Å²) in [5.41, 5.74) is 2.05. The minimum absolute atomic E-state index is 0.195. The summed E-state index contributed by atoms with van der Waals surface area (Å²) in [5.74, 6) is 1.59. The van der Waals surface area contributed by atoms with Gasteiger partial charge in [-0.3, -0.25) is 0 Å². The average Bonchev–Trinajstić information content (AvgIpc) is 2.96. The lowest BCUT2D eigenvalue weighted by molar-refractivity contribution is 0.245. The average molecular weight is 294 g/mol. The van der Waals surface area contributed by atoms with Crippen molar-refractivity contribution in [1.29, 1.82) is 5.26 Å². The van der Waals surface area contributed by atoms with Crippen LogP contribution in [0.15, 0.2) is 46.9 Å². The van der Waals surface area contributed by atoms with Gasteiger partial charge < -0.3 is 13.9 Å². The van der Waals surface area contributed by atoms with Gasteiger partial charge in [-0.1, -0.05) is 12.1 Å². The summed E-state index contributed by atoms with van der Waals surface area (Å²) in [7, 11) is 0. The second-order valence-electron chi connectivity index (χ2n) is 4.57. The van der Waals surface area contributed by atoms with Crippen LogP contribution >= 0.6 is 0 Å². The van der Waals surface area contributed by atoms with Crippen LogP contribution in [0.3, 0.4) is 0 Å². The topological polar surface area (TPSA) is 68.3 Å². The largest absolute Gasteiger partial charge is 0.490 e. The Morgan fingerprint density at radius 1 is 1.14 bits per heavy atom. The third kappa shape index (κ3) is 2.86. The van der Waals surface area contributed by atoms with Gasteiger partial charge in [-0.25, -0.2) is 4.98 Å². The van der Waals surface area contributed by atoms with E-state index in [2.05, 4.69) is 11.1 Å². The summed E-state index contributed by atoms with van der Waals surface area (Å²) in [6.07, 6.45) is 0. The van der Waals surface area contributed by atoms with Crippen LogP contribution in [0.25, 0.3) is 11.1 Å². The number of rotatable bonds is 5. The van der Waals surface area contributed by atoms with Gasteiger partial charge in [0.05, 0.1) is 18.2 Å². The minimum Gasteiger partial charge on any atom is -0.490 e. The molecule has 22 heavy (non-hydrogen) atoms. The van der Waals surface area contributed by atoms with Crippen LogP contribution in [0.1, 0.15) is 18.4 Å². The fourth-order valence-corrected chi connectivity index (χ4v) is 2.09. The molecule has 0 saturated heterocycles. The first-order valence-electron chi connectivity index (χ1n) is 6.94. The lowest BCUT2D eigenvalue weighted by Gasteiger charge is -2.10. The molecular weight excluding hydrogens is 280 g/mol. The molecule has 0 fully saturated rings. The SMILES string of the molecule is CCOc1cc(C#N)ccc1OCc1nc2ccccc2o1. The van der Waals surface area contributed by atoms with Crippen LogP contribution < -0.4 is 9.47 Å². The van der Waals surface area contributed by atoms with E-state index in [-0.39, 0.29) is 6.61 Å². The summed E-state index contributed by atoms with van der Waals surface area (Å²) in [5, 5.41) is 8.94. The second-order valence-corrected chi connectivity index (χ2v) is 4.57. The summed E-state index contributed by atoms with van der Waals surface area (Å²) in [6.45, 7) is 2.57. The fraction of sp³-hybridized carbons (Fsp3) is 0.176. The van der Waals surface area contributed by atoms with Gasteiger partial charge >= 0.3 is 0 Å². The molecule has 3 rings (SSSR count). The van der Waals surface area contributed by atoms with Crippen molar-refractivity contribution < 1.29 is 13.9 Å². The summed E-state index contributed by atoms with van der Waals surface area (Å²) >= 11 is 0. The Hall–Kier alpha value is -3.00. The predicted octanol–water partition coefficient (Wildman–Crippen LogP) is 3.68. The first-order chi connectivity index (χ1) is 10.8. The van der Waals surface area contributed by atoms with Crippen LogP contribution in [0.2, 0.25) is 0 Å². The van der Waals surface area contributed by atoms with E-state index in [1.807, 2.05) is 31.2 Å². The van der Waals surface area contributed by atoms with Crippen molar-refractivity contribution in [2.75, 3.05) is 6.61 Å². The number of oxazole rings is 1. The van der Waals surface area contributed by atoms with Crippen molar-refractivity contribution in [1.82, 2.24) is 4.98 Å². The molecule has 5 heteroatoms. The molecule has 0 amide bonds. The molecule has 1 aromatic heterocycles. The van der Waals surface area contributed by atoms with E-state index >= 15 is 0 Å². The monoisotopic (exact) mass is 294 g/mol. The minimum atomic E-state index is 0.195. The van der Waals surface area contributed by atoms with Crippen molar-refractivity contribution in [2.24, 2.45) is 0 Å². The normalized spacial score (nSPS) is 10.4. The number of fused-ring (bicyclic) bond motifs is 1. The van der Waals surface area contributed by atoms with Crippen molar-refractivity contribution in [3.05, 3.63) is 53.9 Å². The molecule has 0 saturated carbocycles. The van der Waals surface area contributed by atoms with Gasteiger partial charge in [0.25, 0.3) is 0 Å². The molecule has 0 spiro atoms. The van der Waals surface area contributed by atoms with Crippen LogP contribution in [0.4, 0.5) is 0 Å². The highest BCUT2D eigenvalue weighted by atomic mass is 16.5. The van der Waals surface area contributed by atoms with Crippen molar-refractivity contribution in [2.45, 2.75) is 13.5 Å². The van der Waals surface area contributed by atoms with Gasteiger partial charge in [-0.2, -0.15) is 5.26 Å². The van der Waals surface area contributed by atoms with Crippen LogP contribution in [0.5, 0.6) is 11.5 Å². The summed E-state index contributed by atoms with van der Waals surface area (Å²) in [4.78, 5) is 4.35. The molecule has 0 aliphatic heterocycles. The number of nitrogens with zero attached hydrogens (tertiary/aromatic N) is 2. The van der Waals surface area contributed by atoms with Crippen molar-refractivity contribution in [3.8, 4) is 17.6 Å². The predicted molar refractivity (Wildman–Crippen MR) is 80.7 cm³/mol. The van der Waals surface area contributed by atoms with E-state index < -0.39 is 0 Å². The number of nitriles is 1. The number of benzene rings is 2. The van der Waals surface area contributed by atoms with E-state index in [1.54, 1.807) is 18.2 Å². The maximum atomic E-state index is 8.94.